The Bertz CT molecular complexity index is 572. The summed E-state index contributed by atoms with van der Waals surface area (Å²) >= 11 is 0. The fraction of sp³-hybridized carbons (Fsp3) is 0.409. The molecule has 0 radical (unpaired) electrons. The van der Waals surface area contributed by atoms with Gasteiger partial charge in [-0.3, -0.25) is 0 Å². The van der Waals surface area contributed by atoms with E-state index in [1.807, 2.05) is 0 Å². The number of hydrogen-bond donors (Lipinski definition) is 2. The molecule has 0 atom stereocenters. The van der Waals surface area contributed by atoms with E-state index in [0.29, 0.717) is 0 Å². The van der Waals surface area contributed by atoms with Crippen LogP contribution in [0.3, 0.4) is 0 Å². The second-order valence-corrected chi connectivity index (χ2v) is 6.22. The smallest absolute Gasteiger partial charge is 0.450 e. The molecule has 0 saturated carbocycles. The van der Waals surface area contributed by atoms with E-state index in [1.54, 1.807) is 0 Å². The molecule has 0 unspecified atom stereocenters. The van der Waals surface area contributed by atoms with Gasteiger partial charge in [0.2, 0.25) is 0 Å². The van der Waals surface area contributed by atoms with Crippen LogP contribution >= 0.6 is 0 Å². The van der Waals surface area contributed by atoms with E-state index >= 15 is 0 Å². The molecular formula is C22H30O3. The van der Waals surface area contributed by atoms with Crippen molar-refractivity contribution in [1.29, 1.82) is 0 Å². The van der Waals surface area contributed by atoms with Crippen LogP contribution < -0.4 is 0 Å². The molecule has 0 aliphatic heterocycles. The van der Waals surface area contributed by atoms with Crippen molar-refractivity contribution < 1.29 is 15.0 Å². The van der Waals surface area contributed by atoms with Crippen LogP contribution in [0.4, 0.5) is 4.79 Å². The molecule has 0 aromatic heterocycles. The van der Waals surface area contributed by atoms with Gasteiger partial charge in [0.1, 0.15) is 0 Å². The fourth-order valence-electron chi connectivity index (χ4n) is 2.78. The third kappa shape index (κ3) is 10.2. The van der Waals surface area contributed by atoms with Crippen LogP contribution in [-0.4, -0.2) is 16.4 Å². The summed E-state index contributed by atoms with van der Waals surface area (Å²) in [7, 11) is 0. The van der Waals surface area contributed by atoms with E-state index in [9.17, 15) is 0 Å². The molecule has 0 spiro atoms. The maximum Gasteiger partial charge on any atom is 0.503 e. The molecule has 3 nitrogen and oxygen atoms in total. The van der Waals surface area contributed by atoms with Gasteiger partial charge >= 0.3 is 6.16 Å². The number of rotatable bonds is 9. The van der Waals surface area contributed by atoms with Crippen LogP contribution in [-0.2, 0) is 6.42 Å². The molecule has 0 amide bonds. The van der Waals surface area contributed by atoms with Gasteiger partial charge in [-0.1, -0.05) is 100 Å². The first-order valence-electron chi connectivity index (χ1n) is 9.19. The Kier molecular flexibility index (Phi) is 10.8. The summed E-state index contributed by atoms with van der Waals surface area (Å²) in [6.45, 7) is 2.28. The van der Waals surface area contributed by atoms with E-state index in [2.05, 4.69) is 61.5 Å². The summed E-state index contributed by atoms with van der Waals surface area (Å²) in [4.78, 5) is 8.56. The van der Waals surface area contributed by atoms with Gasteiger partial charge in [-0.25, -0.2) is 4.79 Å². The van der Waals surface area contributed by atoms with Crippen molar-refractivity contribution in [2.45, 2.75) is 58.3 Å². The minimum Gasteiger partial charge on any atom is -0.450 e. The topological polar surface area (TPSA) is 57.5 Å². The van der Waals surface area contributed by atoms with Gasteiger partial charge in [0.15, 0.2) is 0 Å². The lowest BCUT2D eigenvalue weighted by molar-refractivity contribution is 0.137. The summed E-state index contributed by atoms with van der Waals surface area (Å²) in [5.41, 5.74) is 4.10. The quantitative estimate of drug-likeness (QED) is 0.489. The largest absolute Gasteiger partial charge is 0.503 e. The van der Waals surface area contributed by atoms with Crippen LogP contribution in [0, 0.1) is 0 Å². The van der Waals surface area contributed by atoms with Crippen molar-refractivity contribution in [3.63, 3.8) is 0 Å². The van der Waals surface area contributed by atoms with Crippen LogP contribution in [0.5, 0.6) is 0 Å². The highest BCUT2D eigenvalue weighted by atomic mass is 16.6. The van der Waals surface area contributed by atoms with Crippen molar-refractivity contribution in [2.24, 2.45) is 0 Å². The zero-order valence-electron chi connectivity index (χ0n) is 15.2. The summed E-state index contributed by atoms with van der Waals surface area (Å²) in [6.07, 6.45) is 9.09. The summed E-state index contributed by atoms with van der Waals surface area (Å²) in [5, 5.41) is 13.9. The summed E-state index contributed by atoms with van der Waals surface area (Å²) < 4.78 is 0. The van der Waals surface area contributed by atoms with Crippen LogP contribution in [0.15, 0.2) is 54.6 Å². The lowest BCUT2D eigenvalue weighted by atomic mass is 10.0. The highest BCUT2D eigenvalue weighted by molar-refractivity contribution is 5.63. The lowest BCUT2D eigenvalue weighted by Crippen LogP contribution is -1.87. The molecule has 2 aromatic rings. The molecule has 0 aliphatic rings. The Labute approximate surface area is 151 Å². The van der Waals surface area contributed by atoms with Gasteiger partial charge in [0.05, 0.1) is 0 Å². The van der Waals surface area contributed by atoms with E-state index in [1.165, 1.54) is 68.1 Å². The molecular weight excluding hydrogens is 312 g/mol. The lowest BCUT2D eigenvalue weighted by Gasteiger charge is -2.05. The monoisotopic (exact) mass is 342 g/mol. The fourth-order valence-corrected chi connectivity index (χ4v) is 2.78. The molecule has 0 saturated heterocycles. The molecule has 2 aromatic carbocycles. The summed E-state index contributed by atoms with van der Waals surface area (Å²) in [6, 6.07) is 19.7. The van der Waals surface area contributed by atoms with E-state index in [-0.39, 0.29) is 0 Å². The van der Waals surface area contributed by atoms with Gasteiger partial charge in [-0.05, 0) is 29.5 Å². The highest BCUT2D eigenvalue weighted by Gasteiger charge is 1.98. The average Bonchev–Trinajstić information content (AvgIpc) is 2.62. The van der Waals surface area contributed by atoms with Crippen LogP contribution in [0.2, 0.25) is 0 Å². The Morgan fingerprint density at radius 2 is 1.20 bits per heavy atom. The number of carboxylic acid groups (broad SMARTS) is 2. The normalized spacial score (nSPS) is 9.96. The maximum atomic E-state index is 8.56. The van der Waals surface area contributed by atoms with Gasteiger partial charge in [0, 0.05) is 0 Å². The Balaban J connectivity index is 0.000000705. The average molecular weight is 342 g/mol. The number of hydrogen-bond acceptors (Lipinski definition) is 1. The third-order valence-corrected chi connectivity index (χ3v) is 4.13. The van der Waals surface area contributed by atoms with Crippen molar-refractivity contribution >= 4 is 6.16 Å². The number of unbranched alkanes of at least 4 members (excludes halogenated alkanes) is 6. The Hall–Kier alpha value is -2.29. The summed E-state index contributed by atoms with van der Waals surface area (Å²) in [5.74, 6) is 0. The first-order valence-corrected chi connectivity index (χ1v) is 9.19. The second-order valence-electron chi connectivity index (χ2n) is 6.22. The highest BCUT2D eigenvalue weighted by Crippen LogP contribution is 2.20. The molecule has 3 heteroatoms. The van der Waals surface area contributed by atoms with E-state index < -0.39 is 6.16 Å². The van der Waals surface area contributed by atoms with Crippen molar-refractivity contribution in [1.82, 2.24) is 0 Å². The van der Waals surface area contributed by atoms with E-state index in [4.69, 9.17) is 15.0 Å². The van der Waals surface area contributed by atoms with Crippen molar-refractivity contribution in [2.75, 3.05) is 0 Å². The van der Waals surface area contributed by atoms with E-state index in [0.717, 1.165) is 0 Å². The van der Waals surface area contributed by atoms with Gasteiger partial charge in [-0.15, -0.1) is 0 Å². The molecule has 136 valence electrons. The predicted molar refractivity (Wildman–Crippen MR) is 104 cm³/mol. The van der Waals surface area contributed by atoms with Crippen molar-refractivity contribution in [3.05, 3.63) is 60.2 Å². The van der Waals surface area contributed by atoms with Gasteiger partial charge in [0.25, 0.3) is 0 Å². The van der Waals surface area contributed by atoms with Gasteiger partial charge in [-0.2, -0.15) is 0 Å². The first kappa shape index (κ1) is 20.8. The van der Waals surface area contributed by atoms with Crippen LogP contribution in [0.25, 0.3) is 11.1 Å². The third-order valence-electron chi connectivity index (χ3n) is 4.13. The first-order chi connectivity index (χ1) is 12.1. The maximum absolute atomic E-state index is 8.56. The second kappa shape index (κ2) is 13.1. The Morgan fingerprint density at radius 3 is 1.76 bits per heavy atom. The molecule has 2 rings (SSSR count). The molecule has 0 heterocycles. The standard InChI is InChI=1S/C21H28.CH2O3/c1-2-3-4-5-6-7-9-12-19-15-17-21(18-16-19)20-13-10-8-11-14-20;2-1(3)4/h8,10-11,13-18H,2-7,9,12H2,1H3;(H2,2,3,4). The number of benzene rings is 2. The predicted octanol–water partition coefficient (Wildman–Crippen LogP) is 6.87. The SMILES string of the molecule is CCCCCCCCCc1ccc(-c2ccccc2)cc1.O=C(O)O. The minimum absolute atomic E-state index is 1.23. The number of aryl methyl sites for hydroxylation is 1. The molecule has 25 heavy (non-hydrogen) atoms. The molecule has 2 N–H and O–H groups in total. The zero-order chi connectivity index (χ0) is 18.3. The zero-order valence-corrected chi connectivity index (χ0v) is 15.2. The van der Waals surface area contributed by atoms with Gasteiger partial charge < -0.3 is 10.2 Å². The van der Waals surface area contributed by atoms with Crippen molar-refractivity contribution in [3.8, 4) is 11.1 Å². The van der Waals surface area contributed by atoms with Crippen LogP contribution in [0.1, 0.15) is 57.4 Å². The molecule has 0 fully saturated rings. The Morgan fingerprint density at radius 1 is 0.720 bits per heavy atom. The number of carbonyl (C=O) groups is 1. The molecule has 0 bridgehead atoms. The molecule has 0 aliphatic carbocycles. The minimum atomic E-state index is -1.83.